The predicted octanol–water partition coefficient (Wildman–Crippen LogP) is 2.63. The van der Waals surface area contributed by atoms with Gasteiger partial charge in [-0.3, -0.25) is 0 Å². The Morgan fingerprint density at radius 1 is 1.26 bits per heavy atom. The van der Waals surface area contributed by atoms with Crippen molar-refractivity contribution in [1.29, 1.82) is 0 Å². The van der Waals surface area contributed by atoms with Crippen LogP contribution >= 0.6 is 15.9 Å². The lowest BCUT2D eigenvalue weighted by Gasteiger charge is -2.16. The van der Waals surface area contributed by atoms with Crippen LogP contribution in [-0.4, -0.2) is 43.4 Å². The first kappa shape index (κ1) is 17.6. The maximum atomic E-state index is 12.5. The topological polar surface area (TPSA) is 84.4 Å². The third-order valence-electron chi connectivity index (χ3n) is 2.88. The number of hydrogen-bond donors (Lipinski definition) is 1. The Balaban J connectivity index is 2.41. The summed E-state index contributed by atoms with van der Waals surface area (Å²) in [4.78, 5) is 8.29. The zero-order valence-electron chi connectivity index (χ0n) is 12.9. The van der Waals surface area contributed by atoms with E-state index in [1.165, 1.54) is 20.2 Å². The summed E-state index contributed by atoms with van der Waals surface area (Å²) >= 11 is 3.26. The number of rotatable bonds is 6. The number of hydrogen-bond acceptors (Lipinski definition) is 6. The van der Waals surface area contributed by atoms with Gasteiger partial charge >= 0.3 is 0 Å². The first-order valence-corrected chi connectivity index (χ1v) is 9.02. The molecule has 0 saturated carbocycles. The van der Waals surface area contributed by atoms with Crippen molar-refractivity contribution < 1.29 is 13.2 Å². The molecule has 1 aromatic heterocycles. The molecular weight excluding hydrogens is 384 g/mol. The van der Waals surface area contributed by atoms with Crippen molar-refractivity contribution >= 4 is 37.6 Å². The molecule has 2 aromatic rings. The van der Waals surface area contributed by atoms with Crippen LogP contribution < -0.4 is 10.1 Å². The zero-order chi connectivity index (χ0) is 17.0. The molecule has 0 aliphatic rings. The summed E-state index contributed by atoms with van der Waals surface area (Å²) < 4.78 is 32.2. The monoisotopic (exact) mass is 400 g/mol. The summed E-state index contributed by atoms with van der Waals surface area (Å²) in [5.74, 6) is 0.675. The van der Waals surface area contributed by atoms with Crippen LogP contribution in [0.25, 0.3) is 0 Å². The Morgan fingerprint density at radius 3 is 2.48 bits per heavy atom. The molecule has 23 heavy (non-hydrogen) atoms. The van der Waals surface area contributed by atoms with Gasteiger partial charge < -0.3 is 10.1 Å². The van der Waals surface area contributed by atoms with Crippen molar-refractivity contribution in [2.75, 3.05) is 26.0 Å². The average molecular weight is 401 g/mol. The number of ether oxygens (including phenoxy) is 1. The van der Waals surface area contributed by atoms with Gasteiger partial charge in [-0.2, -0.15) is 0 Å². The zero-order valence-corrected chi connectivity index (χ0v) is 15.3. The number of nitrogens with zero attached hydrogens (tertiary/aromatic N) is 3. The first-order chi connectivity index (χ1) is 10.8. The van der Waals surface area contributed by atoms with E-state index < -0.39 is 10.0 Å². The molecule has 0 atom stereocenters. The van der Waals surface area contributed by atoms with Crippen molar-refractivity contribution in [3.05, 3.63) is 35.1 Å². The van der Waals surface area contributed by atoms with E-state index in [0.29, 0.717) is 24.0 Å². The van der Waals surface area contributed by atoms with E-state index in [1.807, 2.05) is 0 Å². The molecule has 0 amide bonds. The van der Waals surface area contributed by atoms with Crippen LogP contribution in [0.15, 0.2) is 40.0 Å². The quantitative estimate of drug-likeness (QED) is 0.801. The fourth-order valence-electron chi connectivity index (χ4n) is 1.76. The van der Waals surface area contributed by atoms with Gasteiger partial charge in [0, 0.05) is 32.2 Å². The van der Waals surface area contributed by atoms with E-state index in [1.54, 1.807) is 31.5 Å². The molecule has 0 fully saturated rings. The van der Waals surface area contributed by atoms with Crippen molar-refractivity contribution in [2.45, 2.75) is 11.8 Å². The van der Waals surface area contributed by atoms with Gasteiger partial charge in [-0.25, -0.2) is 22.7 Å². The molecule has 9 heteroatoms. The largest absolute Gasteiger partial charge is 0.492 e. The van der Waals surface area contributed by atoms with Crippen molar-refractivity contribution in [3.63, 3.8) is 0 Å². The molecule has 0 aliphatic heterocycles. The summed E-state index contributed by atoms with van der Waals surface area (Å²) in [6.07, 6.45) is 3.20. The molecule has 124 valence electrons. The van der Waals surface area contributed by atoms with E-state index in [4.69, 9.17) is 4.74 Å². The Labute approximate surface area is 143 Å². The molecule has 0 aliphatic carbocycles. The Hall–Kier alpha value is -1.71. The van der Waals surface area contributed by atoms with E-state index in [2.05, 4.69) is 31.2 Å². The van der Waals surface area contributed by atoms with Gasteiger partial charge in [0.05, 0.1) is 11.1 Å². The van der Waals surface area contributed by atoms with Gasteiger partial charge in [0.15, 0.2) is 0 Å². The van der Waals surface area contributed by atoms with Crippen molar-refractivity contribution in [3.8, 4) is 5.75 Å². The van der Waals surface area contributed by atoms with Crippen LogP contribution in [0.2, 0.25) is 0 Å². The second kappa shape index (κ2) is 7.24. The fourth-order valence-corrected chi connectivity index (χ4v) is 3.02. The highest BCUT2D eigenvalue weighted by Crippen LogP contribution is 2.30. The number of benzene rings is 1. The lowest BCUT2D eigenvalue weighted by atomic mass is 10.3. The summed E-state index contributed by atoms with van der Waals surface area (Å²) in [6.45, 7) is 2.17. The molecular formula is C14H17BrN4O3S. The summed E-state index contributed by atoms with van der Waals surface area (Å²) in [5, 5.41) is 2.97. The number of anilines is 2. The molecule has 1 aromatic carbocycles. The Kier molecular flexibility index (Phi) is 5.55. The van der Waals surface area contributed by atoms with Crippen LogP contribution in [0.4, 0.5) is 11.6 Å². The normalized spacial score (nSPS) is 11.5. The maximum absolute atomic E-state index is 12.5. The SMILES string of the molecule is CCOc1ccc(Nc2ncc(Br)cn2)cc1S(=O)(=O)N(C)C. The van der Waals surface area contributed by atoms with E-state index in [0.717, 1.165) is 8.78 Å². The van der Waals surface area contributed by atoms with Gasteiger partial charge in [-0.05, 0) is 41.1 Å². The summed E-state index contributed by atoms with van der Waals surface area (Å²) in [7, 11) is -0.681. The number of nitrogens with one attached hydrogen (secondary N) is 1. The first-order valence-electron chi connectivity index (χ1n) is 6.78. The molecule has 0 spiro atoms. The molecule has 2 rings (SSSR count). The highest BCUT2D eigenvalue weighted by molar-refractivity contribution is 9.10. The van der Waals surface area contributed by atoms with Crippen LogP contribution in [0.1, 0.15) is 6.92 Å². The lowest BCUT2D eigenvalue weighted by molar-refractivity contribution is 0.330. The standard InChI is InChI=1S/C14H17BrN4O3S/c1-4-22-12-6-5-11(7-13(12)23(20,21)19(2)3)18-14-16-8-10(15)9-17-14/h5-9H,4H2,1-3H3,(H,16,17,18). The third kappa shape index (κ3) is 4.18. The summed E-state index contributed by atoms with van der Waals surface area (Å²) in [6, 6.07) is 4.83. The smallest absolute Gasteiger partial charge is 0.246 e. The lowest BCUT2D eigenvalue weighted by Crippen LogP contribution is -2.23. The minimum Gasteiger partial charge on any atom is -0.492 e. The molecule has 0 radical (unpaired) electrons. The Morgan fingerprint density at radius 2 is 1.91 bits per heavy atom. The van der Waals surface area contributed by atoms with Gasteiger partial charge in [-0.15, -0.1) is 0 Å². The van der Waals surface area contributed by atoms with Gasteiger partial charge in [-0.1, -0.05) is 0 Å². The van der Waals surface area contributed by atoms with Crippen molar-refractivity contribution in [2.24, 2.45) is 0 Å². The predicted molar refractivity (Wildman–Crippen MR) is 91.5 cm³/mol. The second-order valence-corrected chi connectivity index (χ2v) is 7.77. The maximum Gasteiger partial charge on any atom is 0.246 e. The second-order valence-electron chi connectivity index (χ2n) is 4.73. The fraction of sp³-hybridized carbons (Fsp3) is 0.286. The minimum atomic E-state index is -3.63. The highest BCUT2D eigenvalue weighted by Gasteiger charge is 2.23. The number of sulfonamides is 1. The molecule has 7 nitrogen and oxygen atoms in total. The number of aromatic nitrogens is 2. The average Bonchev–Trinajstić information content (AvgIpc) is 2.51. The van der Waals surface area contributed by atoms with Gasteiger partial charge in [0.2, 0.25) is 16.0 Å². The molecule has 1 N–H and O–H groups in total. The molecule has 0 unspecified atom stereocenters. The van der Waals surface area contributed by atoms with E-state index >= 15 is 0 Å². The number of halogens is 1. The van der Waals surface area contributed by atoms with Crippen LogP contribution in [0, 0.1) is 0 Å². The Bertz CT molecular complexity index is 779. The van der Waals surface area contributed by atoms with Crippen LogP contribution in [0.3, 0.4) is 0 Å². The summed E-state index contributed by atoms with van der Waals surface area (Å²) in [5.41, 5.74) is 0.552. The van der Waals surface area contributed by atoms with E-state index in [9.17, 15) is 8.42 Å². The minimum absolute atomic E-state index is 0.0893. The van der Waals surface area contributed by atoms with Gasteiger partial charge in [0.25, 0.3) is 0 Å². The van der Waals surface area contributed by atoms with E-state index in [-0.39, 0.29) is 4.90 Å². The van der Waals surface area contributed by atoms with Crippen molar-refractivity contribution in [1.82, 2.24) is 14.3 Å². The molecule has 0 bridgehead atoms. The van der Waals surface area contributed by atoms with Crippen LogP contribution in [0.5, 0.6) is 5.75 Å². The third-order valence-corrected chi connectivity index (χ3v) is 5.12. The van der Waals surface area contributed by atoms with Gasteiger partial charge in [0.1, 0.15) is 10.6 Å². The highest BCUT2D eigenvalue weighted by atomic mass is 79.9. The molecule has 0 saturated heterocycles. The van der Waals surface area contributed by atoms with Crippen LogP contribution in [-0.2, 0) is 10.0 Å². The molecule has 1 heterocycles.